The topological polar surface area (TPSA) is 23.5 Å². The number of hydrogen-bond acceptors (Lipinski definition) is 2. The summed E-state index contributed by atoms with van der Waals surface area (Å²) in [5, 5.41) is 10.2. The van der Waals surface area contributed by atoms with E-state index in [4.69, 9.17) is 0 Å². The second kappa shape index (κ2) is 9.09. The van der Waals surface area contributed by atoms with Crippen molar-refractivity contribution in [3.8, 4) is 0 Å². The van der Waals surface area contributed by atoms with Gasteiger partial charge in [0.15, 0.2) is 0 Å². The van der Waals surface area contributed by atoms with Crippen LogP contribution in [0.2, 0.25) is 0 Å². The fourth-order valence-corrected chi connectivity index (χ4v) is 2.34. The molecule has 0 fully saturated rings. The normalized spacial score (nSPS) is 14.5. The molecular weight excluding hydrogens is 253 g/mol. The van der Waals surface area contributed by atoms with Crippen LogP contribution in [-0.4, -0.2) is 29.1 Å². The van der Waals surface area contributed by atoms with E-state index in [0.717, 1.165) is 19.5 Å². The Bertz CT molecular complexity index is 383. The van der Waals surface area contributed by atoms with E-state index in [0.29, 0.717) is 18.0 Å². The number of halogens is 1. The van der Waals surface area contributed by atoms with Gasteiger partial charge in [-0.3, -0.25) is 0 Å². The molecule has 0 bridgehead atoms. The van der Waals surface area contributed by atoms with Gasteiger partial charge in [-0.25, -0.2) is 4.39 Å². The smallest absolute Gasteiger partial charge is 0.123 e. The monoisotopic (exact) mass is 281 g/mol. The van der Waals surface area contributed by atoms with Crippen LogP contribution in [0.4, 0.5) is 4.39 Å². The summed E-state index contributed by atoms with van der Waals surface area (Å²) in [5.74, 6) is -0.286. The molecule has 0 radical (unpaired) electrons. The lowest BCUT2D eigenvalue weighted by atomic mass is 10.1. The van der Waals surface area contributed by atoms with Gasteiger partial charge in [0, 0.05) is 12.6 Å². The van der Waals surface area contributed by atoms with Crippen molar-refractivity contribution in [1.29, 1.82) is 0 Å². The maximum atomic E-state index is 13.2. The molecule has 2 nitrogen and oxygen atoms in total. The molecule has 0 saturated carbocycles. The lowest BCUT2D eigenvalue weighted by Gasteiger charge is -2.29. The van der Waals surface area contributed by atoms with Crippen molar-refractivity contribution in [3.05, 3.63) is 35.6 Å². The van der Waals surface area contributed by atoms with Crippen molar-refractivity contribution in [2.45, 2.75) is 58.6 Å². The zero-order valence-electron chi connectivity index (χ0n) is 13.0. The third kappa shape index (κ3) is 5.59. The minimum atomic E-state index is -0.584. The first-order chi connectivity index (χ1) is 9.58. The minimum Gasteiger partial charge on any atom is -0.388 e. The van der Waals surface area contributed by atoms with Crippen molar-refractivity contribution in [1.82, 2.24) is 4.90 Å². The van der Waals surface area contributed by atoms with Gasteiger partial charge in [-0.2, -0.15) is 0 Å². The van der Waals surface area contributed by atoms with Crippen LogP contribution in [0.3, 0.4) is 0 Å². The predicted molar refractivity (Wildman–Crippen MR) is 82.2 cm³/mol. The number of aliphatic hydroxyl groups is 1. The Morgan fingerprint density at radius 3 is 2.60 bits per heavy atom. The molecule has 2 atom stereocenters. The number of unbranched alkanes of at least 4 members (excludes halogenated alkanes) is 1. The van der Waals surface area contributed by atoms with Crippen LogP contribution < -0.4 is 0 Å². The first kappa shape index (κ1) is 17.1. The first-order valence-electron chi connectivity index (χ1n) is 7.76. The van der Waals surface area contributed by atoms with E-state index in [-0.39, 0.29) is 5.82 Å². The van der Waals surface area contributed by atoms with Crippen LogP contribution in [0, 0.1) is 5.82 Å². The molecule has 0 saturated heterocycles. The average molecular weight is 281 g/mol. The van der Waals surface area contributed by atoms with Crippen molar-refractivity contribution >= 4 is 0 Å². The summed E-state index contributed by atoms with van der Waals surface area (Å²) in [4.78, 5) is 2.42. The van der Waals surface area contributed by atoms with E-state index in [9.17, 15) is 9.50 Å². The zero-order valence-corrected chi connectivity index (χ0v) is 13.0. The van der Waals surface area contributed by atoms with Gasteiger partial charge in [0.1, 0.15) is 5.82 Å². The summed E-state index contributed by atoms with van der Waals surface area (Å²) < 4.78 is 13.2. The molecule has 0 aliphatic carbocycles. The number of rotatable bonds is 9. The summed E-state index contributed by atoms with van der Waals surface area (Å²) in [5.41, 5.74) is 0.671. The summed E-state index contributed by atoms with van der Waals surface area (Å²) in [6.07, 6.45) is 3.54. The molecule has 0 aliphatic heterocycles. The van der Waals surface area contributed by atoms with Gasteiger partial charge in [-0.1, -0.05) is 32.4 Å². The second-order valence-corrected chi connectivity index (χ2v) is 5.51. The van der Waals surface area contributed by atoms with E-state index in [1.807, 2.05) is 0 Å². The quantitative estimate of drug-likeness (QED) is 0.735. The summed E-state index contributed by atoms with van der Waals surface area (Å²) >= 11 is 0. The lowest BCUT2D eigenvalue weighted by Crippen LogP contribution is -2.35. The highest BCUT2D eigenvalue weighted by Gasteiger charge is 2.15. The summed E-state index contributed by atoms with van der Waals surface area (Å²) in [7, 11) is 0. The molecular formula is C17H28FNO. The number of hydrogen-bond donors (Lipinski definition) is 1. The van der Waals surface area contributed by atoms with Crippen LogP contribution in [0.25, 0.3) is 0 Å². The van der Waals surface area contributed by atoms with Crippen molar-refractivity contribution < 1.29 is 9.50 Å². The Kier molecular flexibility index (Phi) is 7.78. The molecule has 0 amide bonds. The molecule has 3 heteroatoms. The van der Waals surface area contributed by atoms with Gasteiger partial charge in [0.25, 0.3) is 0 Å². The van der Waals surface area contributed by atoms with Crippen LogP contribution in [0.15, 0.2) is 24.3 Å². The third-order valence-corrected chi connectivity index (χ3v) is 3.94. The molecule has 0 aromatic heterocycles. The van der Waals surface area contributed by atoms with E-state index in [2.05, 4.69) is 25.7 Å². The van der Waals surface area contributed by atoms with Crippen LogP contribution in [-0.2, 0) is 0 Å². The second-order valence-electron chi connectivity index (χ2n) is 5.51. The van der Waals surface area contributed by atoms with Crippen molar-refractivity contribution in [2.75, 3.05) is 13.1 Å². The van der Waals surface area contributed by atoms with Crippen LogP contribution >= 0.6 is 0 Å². The Morgan fingerprint density at radius 1 is 1.25 bits per heavy atom. The molecule has 1 N–H and O–H groups in total. The van der Waals surface area contributed by atoms with Gasteiger partial charge in [-0.05, 0) is 50.4 Å². The number of aliphatic hydroxyl groups excluding tert-OH is 1. The Hall–Kier alpha value is -0.930. The van der Waals surface area contributed by atoms with Crippen molar-refractivity contribution in [3.63, 3.8) is 0 Å². The highest BCUT2D eigenvalue weighted by Crippen LogP contribution is 2.19. The van der Waals surface area contributed by atoms with Gasteiger partial charge in [0.2, 0.25) is 0 Å². The molecule has 1 aromatic carbocycles. The molecule has 1 rings (SSSR count). The van der Waals surface area contributed by atoms with E-state index >= 15 is 0 Å². The molecule has 1 aromatic rings. The SMILES string of the molecule is CCCCN(CCC(O)c1cccc(F)c1)C(C)CC. The average Bonchev–Trinajstić information content (AvgIpc) is 2.46. The summed E-state index contributed by atoms with van der Waals surface area (Å²) in [6.45, 7) is 8.53. The highest BCUT2D eigenvalue weighted by atomic mass is 19.1. The third-order valence-electron chi connectivity index (χ3n) is 3.94. The van der Waals surface area contributed by atoms with Gasteiger partial charge >= 0.3 is 0 Å². The molecule has 114 valence electrons. The molecule has 2 unspecified atom stereocenters. The van der Waals surface area contributed by atoms with Crippen LogP contribution in [0.1, 0.15) is 58.1 Å². The maximum absolute atomic E-state index is 13.2. The highest BCUT2D eigenvalue weighted by molar-refractivity contribution is 5.18. The lowest BCUT2D eigenvalue weighted by molar-refractivity contribution is 0.124. The van der Waals surface area contributed by atoms with Gasteiger partial charge in [-0.15, -0.1) is 0 Å². The molecule has 0 spiro atoms. The number of benzene rings is 1. The van der Waals surface area contributed by atoms with E-state index in [1.54, 1.807) is 12.1 Å². The standard InChI is InChI=1S/C17H28FNO/c1-4-6-11-19(14(3)5-2)12-10-17(20)15-8-7-9-16(18)13-15/h7-9,13-14,17,20H,4-6,10-12H2,1-3H3. The fourth-order valence-electron chi connectivity index (χ4n) is 2.34. The Labute approximate surface area is 122 Å². The largest absolute Gasteiger partial charge is 0.388 e. The van der Waals surface area contributed by atoms with E-state index < -0.39 is 6.10 Å². The Balaban J connectivity index is 2.53. The first-order valence-corrected chi connectivity index (χ1v) is 7.76. The Morgan fingerprint density at radius 2 is 2.00 bits per heavy atom. The minimum absolute atomic E-state index is 0.286. The number of nitrogens with zero attached hydrogens (tertiary/aromatic N) is 1. The van der Waals surface area contributed by atoms with Crippen LogP contribution in [0.5, 0.6) is 0 Å². The van der Waals surface area contributed by atoms with Gasteiger partial charge in [0.05, 0.1) is 6.10 Å². The molecule has 20 heavy (non-hydrogen) atoms. The zero-order chi connectivity index (χ0) is 15.0. The van der Waals surface area contributed by atoms with Gasteiger partial charge < -0.3 is 10.0 Å². The van der Waals surface area contributed by atoms with E-state index in [1.165, 1.54) is 25.0 Å². The van der Waals surface area contributed by atoms with Crippen molar-refractivity contribution in [2.24, 2.45) is 0 Å². The predicted octanol–water partition coefficient (Wildman–Crippen LogP) is 4.15. The fraction of sp³-hybridized carbons (Fsp3) is 0.647. The molecule has 0 aliphatic rings. The maximum Gasteiger partial charge on any atom is 0.123 e. The summed E-state index contributed by atoms with van der Waals surface area (Å²) in [6, 6.07) is 6.79. The molecule has 0 heterocycles.